The van der Waals surface area contributed by atoms with Crippen LogP contribution in [0.25, 0.3) is 0 Å². The van der Waals surface area contributed by atoms with Gasteiger partial charge in [0.25, 0.3) is 5.91 Å². The standard InChI is InChI=1S/C24H28N2O5/c1-5-30-24(29)31-21-11-9-19(10-12-21)23(28)26-20-8-6-7-18(14-20)15-25-22(27)13-17(4)16(2)3/h6-14,16H,5,15H2,1-4H3,(H,25,27)(H,26,28)/b17-13+. The molecule has 31 heavy (non-hydrogen) atoms. The topological polar surface area (TPSA) is 93.7 Å². The van der Waals surface area contributed by atoms with Gasteiger partial charge >= 0.3 is 6.16 Å². The fourth-order valence-corrected chi connectivity index (χ4v) is 2.49. The predicted octanol–water partition coefficient (Wildman–Crippen LogP) is 4.69. The Hall–Kier alpha value is -3.61. The number of carbonyl (C=O) groups excluding carboxylic acids is 3. The normalized spacial score (nSPS) is 11.1. The van der Waals surface area contributed by atoms with Crippen LogP contribution in [0.5, 0.6) is 5.75 Å². The van der Waals surface area contributed by atoms with Gasteiger partial charge in [0, 0.05) is 23.9 Å². The van der Waals surface area contributed by atoms with E-state index in [0.717, 1.165) is 11.1 Å². The molecule has 0 saturated carbocycles. The van der Waals surface area contributed by atoms with Crippen LogP contribution in [-0.2, 0) is 16.1 Å². The highest BCUT2D eigenvalue weighted by atomic mass is 16.7. The second kappa shape index (κ2) is 11.5. The Morgan fingerprint density at radius 3 is 2.42 bits per heavy atom. The molecule has 2 aromatic carbocycles. The number of hydrogen-bond donors (Lipinski definition) is 2. The lowest BCUT2D eigenvalue weighted by Crippen LogP contribution is -2.21. The maximum absolute atomic E-state index is 12.5. The Morgan fingerprint density at radius 2 is 1.77 bits per heavy atom. The molecule has 2 amide bonds. The first kappa shape index (κ1) is 23.7. The van der Waals surface area contributed by atoms with E-state index in [-0.39, 0.29) is 24.2 Å². The minimum absolute atomic E-state index is 0.147. The first-order chi connectivity index (χ1) is 14.8. The van der Waals surface area contributed by atoms with Crippen molar-refractivity contribution in [2.24, 2.45) is 5.92 Å². The maximum atomic E-state index is 12.5. The molecule has 0 unspecified atom stereocenters. The predicted molar refractivity (Wildman–Crippen MR) is 119 cm³/mol. The van der Waals surface area contributed by atoms with Crippen molar-refractivity contribution in [1.82, 2.24) is 5.32 Å². The number of benzene rings is 2. The van der Waals surface area contributed by atoms with Crippen molar-refractivity contribution in [2.45, 2.75) is 34.2 Å². The van der Waals surface area contributed by atoms with E-state index in [2.05, 4.69) is 10.6 Å². The molecule has 0 spiro atoms. The lowest BCUT2D eigenvalue weighted by Gasteiger charge is -2.09. The van der Waals surface area contributed by atoms with Crippen molar-refractivity contribution in [3.63, 3.8) is 0 Å². The lowest BCUT2D eigenvalue weighted by atomic mass is 10.1. The van der Waals surface area contributed by atoms with Crippen LogP contribution < -0.4 is 15.4 Å². The third kappa shape index (κ3) is 7.97. The van der Waals surface area contributed by atoms with Crippen LogP contribution in [0.3, 0.4) is 0 Å². The van der Waals surface area contributed by atoms with Gasteiger partial charge in [-0.05, 0) is 61.7 Å². The van der Waals surface area contributed by atoms with Gasteiger partial charge in [0.2, 0.25) is 5.91 Å². The molecule has 0 radical (unpaired) electrons. The zero-order chi connectivity index (χ0) is 22.8. The highest BCUT2D eigenvalue weighted by Gasteiger charge is 2.09. The maximum Gasteiger partial charge on any atom is 0.513 e. The SMILES string of the molecule is CCOC(=O)Oc1ccc(C(=O)Nc2cccc(CNC(=O)/C=C(\C)C(C)C)c2)cc1. The lowest BCUT2D eigenvalue weighted by molar-refractivity contribution is -0.116. The van der Waals surface area contributed by atoms with Crippen LogP contribution in [-0.4, -0.2) is 24.6 Å². The number of allylic oxidation sites excluding steroid dienone is 1. The van der Waals surface area contributed by atoms with Gasteiger partial charge in [0.15, 0.2) is 0 Å². The number of ether oxygens (including phenoxy) is 2. The Bertz CT molecular complexity index is 949. The molecule has 0 bridgehead atoms. The molecular weight excluding hydrogens is 396 g/mol. The summed E-state index contributed by atoms with van der Waals surface area (Å²) in [6.45, 7) is 8.25. The highest BCUT2D eigenvalue weighted by Crippen LogP contribution is 2.16. The van der Waals surface area contributed by atoms with E-state index in [4.69, 9.17) is 9.47 Å². The molecule has 0 aliphatic rings. The van der Waals surface area contributed by atoms with Crippen molar-refractivity contribution >= 4 is 23.7 Å². The van der Waals surface area contributed by atoms with E-state index >= 15 is 0 Å². The van der Waals surface area contributed by atoms with Crippen molar-refractivity contribution in [2.75, 3.05) is 11.9 Å². The van der Waals surface area contributed by atoms with Crippen LogP contribution in [0.15, 0.2) is 60.2 Å². The van der Waals surface area contributed by atoms with Gasteiger partial charge in [0.05, 0.1) is 6.61 Å². The summed E-state index contributed by atoms with van der Waals surface area (Å²) in [4.78, 5) is 35.8. The Labute approximate surface area is 182 Å². The molecule has 0 heterocycles. The highest BCUT2D eigenvalue weighted by molar-refractivity contribution is 6.04. The summed E-state index contributed by atoms with van der Waals surface area (Å²) in [6.07, 6.45) is 0.810. The first-order valence-corrected chi connectivity index (χ1v) is 10.1. The Morgan fingerprint density at radius 1 is 1.06 bits per heavy atom. The second-order valence-electron chi connectivity index (χ2n) is 7.22. The zero-order valence-electron chi connectivity index (χ0n) is 18.2. The summed E-state index contributed by atoms with van der Waals surface area (Å²) in [5, 5.41) is 5.67. The van der Waals surface area contributed by atoms with Crippen molar-refractivity contribution in [3.05, 3.63) is 71.3 Å². The summed E-state index contributed by atoms with van der Waals surface area (Å²) in [6, 6.07) is 13.4. The van der Waals surface area contributed by atoms with Gasteiger partial charge in [0.1, 0.15) is 5.75 Å². The summed E-state index contributed by atoms with van der Waals surface area (Å²) < 4.78 is 9.68. The fourth-order valence-electron chi connectivity index (χ4n) is 2.49. The third-order valence-corrected chi connectivity index (χ3v) is 4.50. The van der Waals surface area contributed by atoms with E-state index in [1.165, 1.54) is 12.1 Å². The average Bonchev–Trinajstić information content (AvgIpc) is 2.73. The summed E-state index contributed by atoms with van der Waals surface area (Å²) in [5.41, 5.74) is 2.89. The smallest absolute Gasteiger partial charge is 0.434 e. The van der Waals surface area contributed by atoms with Crippen molar-refractivity contribution in [3.8, 4) is 5.75 Å². The van der Waals surface area contributed by atoms with Gasteiger partial charge in [-0.3, -0.25) is 9.59 Å². The summed E-state index contributed by atoms with van der Waals surface area (Å²) in [7, 11) is 0. The molecule has 2 rings (SSSR count). The molecule has 2 aromatic rings. The fraction of sp³-hybridized carbons (Fsp3) is 0.292. The minimum atomic E-state index is -0.793. The third-order valence-electron chi connectivity index (χ3n) is 4.50. The number of carbonyl (C=O) groups is 3. The molecule has 2 N–H and O–H groups in total. The largest absolute Gasteiger partial charge is 0.513 e. The molecule has 0 aromatic heterocycles. The van der Waals surface area contributed by atoms with Crippen molar-refractivity contribution in [1.29, 1.82) is 0 Å². The van der Waals surface area contributed by atoms with Crippen LogP contribution in [0.2, 0.25) is 0 Å². The summed E-state index contributed by atoms with van der Waals surface area (Å²) in [5.74, 6) is 0.148. The number of nitrogens with one attached hydrogen (secondary N) is 2. The van der Waals surface area contributed by atoms with Gasteiger partial charge in [-0.2, -0.15) is 0 Å². The molecule has 0 fully saturated rings. The van der Waals surface area contributed by atoms with E-state index in [1.54, 1.807) is 37.3 Å². The van der Waals surface area contributed by atoms with Crippen LogP contribution in [0.4, 0.5) is 10.5 Å². The Balaban J connectivity index is 1.94. The van der Waals surface area contributed by atoms with E-state index in [0.29, 0.717) is 23.7 Å². The first-order valence-electron chi connectivity index (χ1n) is 10.1. The van der Waals surface area contributed by atoms with Crippen molar-refractivity contribution < 1.29 is 23.9 Å². The molecule has 164 valence electrons. The molecule has 0 aliphatic carbocycles. The van der Waals surface area contributed by atoms with Gasteiger partial charge in [-0.15, -0.1) is 0 Å². The Kier molecular flexibility index (Phi) is 8.81. The van der Waals surface area contributed by atoms with Gasteiger partial charge in [-0.1, -0.05) is 31.6 Å². The van der Waals surface area contributed by atoms with Crippen LogP contribution in [0, 0.1) is 5.92 Å². The molecule has 7 heteroatoms. The van der Waals surface area contributed by atoms with Crippen LogP contribution >= 0.6 is 0 Å². The molecule has 0 atom stereocenters. The number of rotatable bonds is 8. The van der Waals surface area contributed by atoms with E-state index < -0.39 is 6.16 Å². The molecule has 0 aliphatic heterocycles. The molecule has 7 nitrogen and oxygen atoms in total. The number of hydrogen-bond acceptors (Lipinski definition) is 5. The number of anilines is 1. The average molecular weight is 424 g/mol. The van der Waals surface area contributed by atoms with Crippen LogP contribution in [0.1, 0.15) is 43.6 Å². The van der Waals surface area contributed by atoms with E-state index in [1.807, 2.05) is 32.9 Å². The summed E-state index contributed by atoms with van der Waals surface area (Å²) >= 11 is 0. The van der Waals surface area contributed by atoms with E-state index in [9.17, 15) is 14.4 Å². The monoisotopic (exact) mass is 424 g/mol. The number of amides is 2. The molecular formula is C24H28N2O5. The minimum Gasteiger partial charge on any atom is -0.434 e. The second-order valence-corrected chi connectivity index (χ2v) is 7.22. The van der Waals surface area contributed by atoms with Gasteiger partial charge < -0.3 is 20.1 Å². The molecule has 0 saturated heterocycles. The zero-order valence-corrected chi connectivity index (χ0v) is 18.2. The van der Waals surface area contributed by atoms with Gasteiger partial charge in [-0.25, -0.2) is 4.79 Å². The quantitative estimate of drug-likeness (QED) is 0.364.